The van der Waals surface area contributed by atoms with Crippen LogP contribution < -0.4 is 10.6 Å². The van der Waals surface area contributed by atoms with Gasteiger partial charge in [0, 0.05) is 49.2 Å². The van der Waals surface area contributed by atoms with E-state index in [4.69, 9.17) is 0 Å². The Labute approximate surface area is 256 Å². The van der Waals surface area contributed by atoms with Gasteiger partial charge >= 0.3 is 0 Å². The van der Waals surface area contributed by atoms with E-state index in [0.29, 0.717) is 13.1 Å². The summed E-state index contributed by atoms with van der Waals surface area (Å²) in [6, 6.07) is 26.1. The van der Waals surface area contributed by atoms with Crippen molar-refractivity contribution in [2.75, 3.05) is 18.4 Å². The van der Waals surface area contributed by atoms with Crippen molar-refractivity contribution < 1.29 is 9.59 Å². The first-order valence-corrected chi connectivity index (χ1v) is 15.3. The maximum Gasteiger partial charge on any atom is 0.254 e. The molecule has 2 heterocycles. The first-order valence-electron chi connectivity index (χ1n) is 15.3. The first kappa shape index (κ1) is 30.3. The molecule has 5 rings (SSSR count). The molecular formula is C37H44N4O2. The predicted molar refractivity (Wildman–Crippen MR) is 174 cm³/mol. The van der Waals surface area contributed by atoms with Gasteiger partial charge in [0.25, 0.3) is 5.91 Å². The number of amides is 2. The van der Waals surface area contributed by atoms with Gasteiger partial charge in [0.15, 0.2) is 0 Å². The fraction of sp³-hybridized carbons (Fsp3) is 0.351. The molecule has 0 radical (unpaired) electrons. The maximum absolute atomic E-state index is 14.1. The van der Waals surface area contributed by atoms with Crippen molar-refractivity contribution in [3.63, 3.8) is 0 Å². The average molecular weight is 577 g/mol. The van der Waals surface area contributed by atoms with Gasteiger partial charge in [-0.1, -0.05) is 80.1 Å². The Morgan fingerprint density at radius 3 is 2.23 bits per heavy atom. The Morgan fingerprint density at radius 1 is 0.907 bits per heavy atom. The monoisotopic (exact) mass is 576 g/mol. The summed E-state index contributed by atoms with van der Waals surface area (Å²) in [6.45, 7) is 11.4. The van der Waals surface area contributed by atoms with Crippen molar-refractivity contribution in [1.29, 1.82) is 0 Å². The summed E-state index contributed by atoms with van der Waals surface area (Å²) in [5.74, 6) is 0.0309. The number of fused-ring (bicyclic) bond motifs is 1. The summed E-state index contributed by atoms with van der Waals surface area (Å²) in [4.78, 5) is 29.9. The fourth-order valence-electron chi connectivity index (χ4n) is 6.65. The fourth-order valence-corrected chi connectivity index (χ4v) is 6.65. The van der Waals surface area contributed by atoms with E-state index in [1.165, 1.54) is 11.1 Å². The molecule has 0 aliphatic carbocycles. The van der Waals surface area contributed by atoms with Gasteiger partial charge in [0.05, 0.1) is 12.1 Å². The molecule has 2 amide bonds. The molecule has 0 spiro atoms. The van der Waals surface area contributed by atoms with Gasteiger partial charge < -0.3 is 20.1 Å². The molecule has 1 aliphatic heterocycles. The lowest BCUT2D eigenvalue weighted by Crippen LogP contribution is -2.50. The molecule has 0 saturated heterocycles. The van der Waals surface area contributed by atoms with Crippen LogP contribution in [0.15, 0.2) is 85.1 Å². The van der Waals surface area contributed by atoms with Crippen molar-refractivity contribution in [3.05, 3.63) is 124 Å². The van der Waals surface area contributed by atoms with E-state index in [1.54, 1.807) is 0 Å². The van der Waals surface area contributed by atoms with E-state index < -0.39 is 6.04 Å². The third-order valence-corrected chi connectivity index (χ3v) is 8.77. The molecular weight excluding hydrogens is 532 g/mol. The van der Waals surface area contributed by atoms with Crippen LogP contribution in [0, 0.1) is 26.7 Å². The van der Waals surface area contributed by atoms with Gasteiger partial charge in [-0.2, -0.15) is 0 Å². The van der Waals surface area contributed by atoms with E-state index >= 15 is 0 Å². The molecule has 224 valence electrons. The van der Waals surface area contributed by atoms with Crippen LogP contribution in [0.2, 0.25) is 0 Å². The smallest absolute Gasteiger partial charge is 0.254 e. The zero-order chi connectivity index (χ0) is 30.7. The Morgan fingerprint density at radius 2 is 1.58 bits per heavy atom. The Bertz CT molecular complexity index is 1570. The van der Waals surface area contributed by atoms with Crippen LogP contribution in [0.25, 0.3) is 0 Å². The minimum absolute atomic E-state index is 0.0402. The van der Waals surface area contributed by atoms with E-state index in [9.17, 15) is 9.59 Å². The van der Waals surface area contributed by atoms with Crippen LogP contribution in [0.4, 0.5) is 5.69 Å². The van der Waals surface area contributed by atoms with E-state index in [-0.39, 0.29) is 29.7 Å². The van der Waals surface area contributed by atoms with Crippen LogP contribution in [-0.2, 0) is 18.3 Å². The number of hydrogen-bond donors (Lipinski definition) is 2. The van der Waals surface area contributed by atoms with E-state index in [1.807, 2.05) is 74.5 Å². The Balaban J connectivity index is 1.47. The minimum Gasteiger partial charge on any atom is -0.353 e. The molecule has 3 aromatic carbocycles. The lowest BCUT2D eigenvalue weighted by atomic mass is 9.80. The number of aromatic nitrogens is 1. The quantitative estimate of drug-likeness (QED) is 0.220. The number of nitrogens with zero attached hydrogens (tertiary/aromatic N) is 2. The molecule has 0 saturated carbocycles. The zero-order valence-electron chi connectivity index (χ0n) is 26.2. The Hall–Kier alpha value is -4.16. The normalized spacial score (nSPS) is 17.2. The van der Waals surface area contributed by atoms with Crippen molar-refractivity contribution in [2.45, 2.75) is 59.0 Å². The molecule has 1 aliphatic rings. The molecule has 43 heavy (non-hydrogen) atoms. The number of carbonyl (C=O) groups excluding carboxylic acids is 2. The van der Waals surface area contributed by atoms with Crippen molar-refractivity contribution >= 4 is 17.5 Å². The van der Waals surface area contributed by atoms with Gasteiger partial charge in [-0.15, -0.1) is 0 Å². The predicted octanol–water partition coefficient (Wildman–Crippen LogP) is 6.73. The van der Waals surface area contributed by atoms with Gasteiger partial charge in [-0.3, -0.25) is 9.59 Å². The Kier molecular flexibility index (Phi) is 9.16. The molecule has 2 N–H and O–H groups in total. The number of nitrogens with one attached hydrogen (secondary N) is 2. The number of anilines is 1. The van der Waals surface area contributed by atoms with Crippen LogP contribution in [-0.4, -0.2) is 40.4 Å². The van der Waals surface area contributed by atoms with Gasteiger partial charge in [0.1, 0.15) is 0 Å². The molecule has 6 nitrogen and oxygen atoms in total. The molecule has 0 bridgehead atoms. The highest BCUT2D eigenvalue weighted by atomic mass is 16.2. The minimum atomic E-state index is -0.406. The number of benzene rings is 3. The molecule has 4 aromatic rings. The molecule has 6 heteroatoms. The largest absolute Gasteiger partial charge is 0.353 e. The van der Waals surface area contributed by atoms with Crippen LogP contribution in [0.1, 0.15) is 69.7 Å². The summed E-state index contributed by atoms with van der Waals surface area (Å²) in [6.07, 6.45) is 2.80. The third kappa shape index (κ3) is 6.45. The zero-order valence-corrected chi connectivity index (χ0v) is 26.2. The van der Waals surface area contributed by atoms with E-state index in [2.05, 4.69) is 72.4 Å². The summed E-state index contributed by atoms with van der Waals surface area (Å²) < 4.78 is 2.12. The molecule has 0 unspecified atom stereocenters. The topological polar surface area (TPSA) is 66.4 Å². The second kappa shape index (κ2) is 13.0. The highest BCUT2D eigenvalue weighted by Crippen LogP contribution is 2.42. The number of aryl methyl sites for hydroxylation is 4. The SMILES string of the molecule is Cc1cc(C)c(NC(=O)[C@H](NC[C@H]2c3ccccc3C(=O)N(CCc3ccccc3)[C@H]2c2cccn2C)C(C)C)c(C)c1. The summed E-state index contributed by atoms with van der Waals surface area (Å²) in [7, 11) is 2.04. The number of carbonyl (C=O) groups is 2. The second-order valence-electron chi connectivity index (χ2n) is 12.3. The van der Waals surface area contributed by atoms with Gasteiger partial charge in [0.2, 0.25) is 5.91 Å². The molecule has 0 fully saturated rings. The van der Waals surface area contributed by atoms with Gasteiger partial charge in [-0.25, -0.2) is 0 Å². The number of hydrogen-bond acceptors (Lipinski definition) is 3. The summed E-state index contributed by atoms with van der Waals surface area (Å²) >= 11 is 0. The highest BCUT2D eigenvalue weighted by Gasteiger charge is 2.41. The second-order valence-corrected chi connectivity index (χ2v) is 12.3. The van der Waals surface area contributed by atoms with Crippen molar-refractivity contribution in [3.8, 4) is 0 Å². The maximum atomic E-state index is 14.1. The van der Waals surface area contributed by atoms with Crippen LogP contribution in [0.5, 0.6) is 0 Å². The summed E-state index contributed by atoms with van der Waals surface area (Å²) in [5.41, 5.74) is 8.23. The van der Waals surface area contributed by atoms with Crippen molar-refractivity contribution in [2.24, 2.45) is 13.0 Å². The van der Waals surface area contributed by atoms with Crippen molar-refractivity contribution in [1.82, 2.24) is 14.8 Å². The molecule has 1 aromatic heterocycles. The average Bonchev–Trinajstić information content (AvgIpc) is 3.40. The highest BCUT2D eigenvalue weighted by molar-refractivity contribution is 5.98. The number of rotatable bonds is 10. The van der Waals surface area contributed by atoms with E-state index in [0.717, 1.165) is 40.1 Å². The third-order valence-electron chi connectivity index (χ3n) is 8.77. The van der Waals surface area contributed by atoms with Gasteiger partial charge in [-0.05, 0) is 73.6 Å². The lowest BCUT2D eigenvalue weighted by Gasteiger charge is -2.43. The standard InChI is InChI=1S/C37H44N4O2/c1-24(2)33(36(42)39-34-26(4)21-25(3)22-27(34)5)38-23-31-29-15-10-11-16-30(29)37(43)41(20-18-28-13-8-7-9-14-28)35(31)32-17-12-19-40(32)6/h7-17,19,21-22,24,31,33,35,38H,18,20,23H2,1-6H3,(H,39,42)/t31-,33+,35+/m0/s1. The van der Waals surface area contributed by atoms with Crippen LogP contribution >= 0.6 is 0 Å². The summed E-state index contributed by atoms with van der Waals surface area (Å²) in [5, 5.41) is 6.89. The first-order chi connectivity index (χ1) is 20.7. The molecule has 3 atom stereocenters. The lowest BCUT2D eigenvalue weighted by molar-refractivity contribution is -0.119. The van der Waals surface area contributed by atoms with Crippen LogP contribution in [0.3, 0.4) is 0 Å².